The van der Waals surface area contributed by atoms with Crippen LogP contribution in [0.5, 0.6) is 0 Å². The smallest absolute Gasteiger partial charge is 0.408 e. The van der Waals surface area contributed by atoms with Crippen molar-refractivity contribution < 1.29 is 24.2 Å². The van der Waals surface area contributed by atoms with E-state index in [1.54, 1.807) is 24.3 Å². The normalized spacial score (nSPS) is 11.5. The van der Waals surface area contributed by atoms with E-state index >= 15 is 0 Å². The number of nitrogens with one attached hydrogen (secondary N) is 1. The van der Waals surface area contributed by atoms with Crippen LogP contribution in [0.1, 0.15) is 29.8 Å². The van der Waals surface area contributed by atoms with Gasteiger partial charge in [0.2, 0.25) is 0 Å². The fourth-order valence-electron chi connectivity index (χ4n) is 3.21. The summed E-state index contributed by atoms with van der Waals surface area (Å²) >= 11 is 0. The Morgan fingerprint density at radius 3 is 2.30 bits per heavy atom. The molecule has 10 nitrogen and oxygen atoms in total. The number of Topliss-reactive ketones (excluding diaryl/α,β-unsaturated/α-hetero) is 1. The second kappa shape index (κ2) is 12.1. The second-order valence-electron chi connectivity index (χ2n) is 7.41. The summed E-state index contributed by atoms with van der Waals surface area (Å²) in [6.45, 7) is -0.260. The lowest BCUT2D eigenvalue weighted by Crippen LogP contribution is -2.44. The predicted molar refractivity (Wildman–Crippen MR) is 117 cm³/mol. The van der Waals surface area contributed by atoms with Crippen LogP contribution in [-0.4, -0.2) is 49.2 Å². The molecule has 1 amide bonds. The average molecular weight is 451 g/mol. The Morgan fingerprint density at radius 2 is 1.64 bits per heavy atom. The lowest BCUT2D eigenvalue weighted by atomic mass is 10.1. The van der Waals surface area contributed by atoms with Crippen LogP contribution in [0.3, 0.4) is 0 Å². The SMILES string of the molecule is O=C(O)CC(NC(=O)OCc1ccccc1)C(=O)Cn1nnnc1CCCc1ccccc1. The minimum absolute atomic E-state index is 0.000780. The Morgan fingerprint density at radius 1 is 0.970 bits per heavy atom. The minimum atomic E-state index is -1.27. The standard InChI is InChI=1S/C23H25N5O5/c29-20(15-28-21(25-26-27-28)13-7-12-17-8-3-1-4-9-17)19(14-22(30)31)24-23(32)33-16-18-10-5-2-6-11-18/h1-6,8-11,19H,7,12-16H2,(H,24,32)(H,30,31). The fraction of sp³-hybridized carbons (Fsp3) is 0.304. The first-order valence-corrected chi connectivity index (χ1v) is 10.5. The van der Waals surface area contributed by atoms with Crippen molar-refractivity contribution in [2.75, 3.05) is 0 Å². The molecular formula is C23H25N5O5. The van der Waals surface area contributed by atoms with Crippen LogP contribution < -0.4 is 5.32 Å². The van der Waals surface area contributed by atoms with E-state index in [1.807, 2.05) is 36.4 Å². The number of aryl methyl sites for hydroxylation is 2. The van der Waals surface area contributed by atoms with E-state index in [9.17, 15) is 14.4 Å². The molecule has 1 atom stereocenters. The highest BCUT2D eigenvalue weighted by Gasteiger charge is 2.25. The molecule has 0 fully saturated rings. The molecule has 2 N–H and O–H groups in total. The van der Waals surface area contributed by atoms with Gasteiger partial charge in [-0.2, -0.15) is 0 Å². The number of ketones is 1. The number of carboxylic acids is 1. The van der Waals surface area contributed by atoms with Crippen molar-refractivity contribution in [3.8, 4) is 0 Å². The molecule has 10 heteroatoms. The second-order valence-corrected chi connectivity index (χ2v) is 7.41. The molecule has 3 aromatic rings. The quantitative estimate of drug-likeness (QED) is 0.428. The lowest BCUT2D eigenvalue weighted by Gasteiger charge is -2.16. The summed E-state index contributed by atoms with van der Waals surface area (Å²) in [6, 6.07) is 17.7. The maximum absolute atomic E-state index is 12.8. The number of carboxylic acid groups (broad SMARTS) is 1. The molecule has 0 aliphatic carbocycles. The van der Waals surface area contributed by atoms with Gasteiger partial charge in [0.05, 0.1) is 6.42 Å². The van der Waals surface area contributed by atoms with Crippen LogP contribution in [0, 0.1) is 0 Å². The number of hydrogen-bond acceptors (Lipinski definition) is 7. The zero-order valence-corrected chi connectivity index (χ0v) is 18.0. The lowest BCUT2D eigenvalue weighted by molar-refractivity contribution is -0.139. The number of aliphatic carboxylic acids is 1. The van der Waals surface area contributed by atoms with E-state index in [1.165, 1.54) is 10.2 Å². The van der Waals surface area contributed by atoms with Gasteiger partial charge in [-0.15, -0.1) is 5.10 Å². The molecule has 172 valence electrons. The molecule has 1 heterocycles. The number of aromatic nitrogens is 4. The Hall–Kier alpha value is -4.08. The molecular weight excluding hydrogens is 426 g/mol. The molecule has 0 radical (unpaired) electrons. The van der Waals surface area contributed by atoms with E-state index in [-0.39, 0.29) is 13.2 Å². The van der Waals surface area contributed by atoms with Crippen LogP contribution >= 0.6 is 0 Å². The summed E-state index contributed by atoms with van der Waals surface area (Å²) in [7, 11) is 0. The molecule has 2 aromatic carbocycles. The number of carbonyl (C=O) groups excluding carboxylic acids is 2. The molecule has 0 saturated heterocycles. The van der Waals surface area contributed by atoms with Gasteiger partial charge >= 0.3 is 12.1 Å². The maximum Gasteiger partial charge on any atom is 0.408 e. The molecule has 0 aliphatic heterocycles. The summed E-state index contributed by atoms with van der Waals surface area (Å²) < 4.78 is 6.43. The maximum atomic E-state index is 12.8. The van der Waals surface area contributed by atoms with Gasteiger partial charge in [-0.3, -0.25) is 9.59 Å². The highest BCUT2D eigenvalue weighted by Crippen LogP contribution is 2.07. The van der Waals surface area contributed by atoms with E-state index < -0.39 is 30.3 Å². The number of rotatable bonds is 12. The van der Waals surface area contributed by atoms with Crippen LogP contribution in [0.2, 0.25) is 0 Å². The number of amides is 1. The van der Waals surface area contributed by atoms with Gasteiger partial charge in [-0.1, -0.05) is 60.7 Å². The van der Waals surface area contributed by atoms with Crippen molar-refractivity contribution in [3.63, 3.8) is 0 Å². The topological polar surface area (TPSA) is 136 Å². The highest BCUT2D eigenvalue weighted by molar-refractivity contribution is 5.90. The summed E-state index contributed by atoms with van der Waals surface area (Å²) in [5.74, 6) is -1.25. The van der Waals surface area contributed by atoms with Crippen LogP contribution in [-0.2, 0) is 40.3 Å². The van der Waals surface area contributed by atoms with Crippen molar-refractivity contribution in [2.24, 2.45) is 0 Å². The van der Waals surface area contributed by atoms with E-state index in [0.717, 1.165) is 18.4 Å². The number of nitrogens with zero attached hydrogens (tertiary/aromatic N) is 4. The zero-order valence-electron chi connectivity index (χ0n) is 18.0. The Bertz CT molecular complexity index is 1060. The number of carbonyl (C=O) groups is 3. The van der Waals surface area contributed by atoms with Gasteiger partial charge in [0.15, 0.2) is 11.6 Å². The van der Waals surface area contributed by atoms with Crippen LogP contribution in [0.15, 0.2) is 60.7 Å². The Balaban J connectivity index is 1.54. The Labute approximate surface area is 190 Å². The first-order valence-electron chi connectivity index (χ1n) is 10.5. The first-order chi connectivity index (χ1) is 16.0. The van der Waals surface area contributed by atoms with Gasteiger partial charge in [-0.25, -0.2) is 9.48 Å². The molecule has 0 bridgehead atoms. The Kier molecular flexibility index (Phi) is 8.63. The van der Waals surface area contributed by atoms with E-state index in [4.69, 9.17) is 9.84 Å². The monoisotopic (exact) mass is 451 g/mol. The molecule has 0 aliphatic rings. The van der Waals surface area contributed by atoms with Gasteiger partial charge in [-0.05, 0) is 34.4 Å². The fourth-order valence-corrected chi connectivity index (χ4v) is 3.21. The number of hydrogen-bond donors (Lipinski definition) is 2. The summed E-state index contributed by atoms with van der Waals surface area (Å²) in [4.78, 5) is 36.1. The van der Waals surface area contributed by atoms with Crippen molar-refractivity contribution in [3.05, 3.63) is 77.6 Å². The molecule has 0 spiro atoms. The van der Waals surface area contributed by atoms with Crippen LogP contribution in [0.4, 0.5) is 4.79 Å². The predicted octanol–water partition coefficient (Wildman–Crippen LogP) is 2.19. The number of benzene rings is 2. The summed E-state index contributed by atoms with van der Waals surface area (Å²) in [5.41, 5.74) is 1.95. The van der Waals surface area contributed by atoms with Gasteiger partial charge < -0.3 is 15.2 Å². The van der Waals surface area contributed by atoms with Gasteiger partial charge in [0.1, 0.15) is 19.2 Å². The molecule has 1 aromatic heterocycles. The van der Waals surface area contributed by atoms with E-state index in [0.29, 0.717) is 12.2 Å². The third kappa shape index (κ3) is 7.84. The third-order valence-corrected chi connectivity index (χ3v) is 4.89. The average Bonchev–Trinajstić information content (AvgIpc) is 3.25. The minimum Gasteiger partial charge on any atom is -0.481 e. The molecule has 1 unspecified atom stereocenters. The van der Waals surface area contributed by atoms with Crippen molar-refractivity contribution in [1.29, 1.82) is 0 Å². The molecule has 3 rings (SSSR count). The summed E-state index contributed by atoms with van der Waals surface area (Å²) in [6.07, 6.45) is 0.702. The van der Waals surface area contributed by atoms with E-state index in [2.05, 4.69) is 20.8 Å². The zero-order chi connectivity index (χ0) is 23.5. The van der Waals surface area contributed by atoms with Gasteiger partial charge in [0.25, 0.3) is 0 Å². The highest BCUT2D eigenvalue weighted by atomic mass is 16.5. The van der Waals surface area contributed by atoms with Crippen molar-refractivity contribution in [1.82, 2.24) is 25.5 Å². The molecule has 33 heavy (non-hydrogen) atoms. The number of ether oxygens (including phenoxy) is 1. The number of tetrazole rings is 1. The van der Waals surface area contributed by atoms with Gasteiger partial charge in [0, 0.05) is 6.42 Å². The summed E-state index contributed by atoms with van der Waals surface area (Å²) in [5, 5.41) is 22.9. The van der Waals surface area contributed by atoms with Crippen molar-refractivity contribution in [2.45, 2.75) is 44.9 Å². The molecule has 0 saturated carbocycles. The third-order valence-electron chi connectivity index (χ3n) is 4.89. The first kappa shape index (κ1) is 23.6. The largest absolute Gasteiger partial charge is 0.481 e. The number of alkyl carbamates (subject to hydrolysis) is 1. The van der Waals surface area contributed by atoms with Crippen LogP contribution in [0.25, 0.3) is 0 Å². The van der Waals surface area contributed by atoms with Crippen molar-refractivity contribution >= 4 is 17.8 Å².